The number of ether oxygens (including phenoxy) is 1. The average Bonchev–Trinajstić information content (AvgIpc) is 2.71. The van der Waals surface area contributed by atoms with Crippen molar-refractivity contribution >= 4 is 23.5 Å². The fraction of sp³-hybridized carbons (Fsp3) is 0.333. The van der Waals surface area contributed by atoms with E-state index in [9.17, 15) is 18.4 Å². The van der Waals surface area contributed by atoms with E-state index in [4.69, 9.17) is 4.74 Å². The topological polar surface area (TPSA) is 87.7 Å². The van der Waals surface area contributed by atoms with E-state index in [0.717, 1.165) is 12.1 Å². The average molecular weight is 391 g/mol. The number of halogens is 2. The number of hydrogen-bond acceptors (Lipinski definition) is 6. The van der Waals surface area contributed by atoms with E-state index in [0.29, 0.717) is 38.5 Å². The standard InChI is InChI=1S/C18H19F2N5O3/c1-2-28-18(27)25-9-7-24(8-10-25)17(26)15-5-6-16(23-22-15)21-12-3-4-13(19)14(20)11-12/h3-6,11H,2,7-10H2,1H3,(H,21,23). The van der Waals surface area contributed by atoms with Gasteiger partial charge in [0.25, 0.3) is 5.91 Å². The van der Waals surface area contributed by atoms with Crippen molar-refractivity contribution in [3.63, 3.8) is 0 Å². The van der Waals surface area contributed by atoms with Gasteiger partial charge in [-0.25, -0.2) is 13.6 Å². The lowest BCUT2D eigenvalue weighted by Crippen LogP contribution is -2.50. The van der Waals surface area contributed by atoms with Crippen LogP contribution in [0.5, 0.6) is 0 Å². The molecule has 2 heterocycles. The minimum absolute atomic E-state index is 0.153. The molecule has 0 unspecified atom stereocenters. The Labute approximate surface area is 160 Å². The third-order valence-electron chi connectivity index (χ3n) is 4.17. The van der Waals surface area contributed by atoms with Crippen LogP contribution in [0.3, 0.4) is 0 Å². The number of anilines is 2. The van der Waals surface area contributed by atoms with Crippen LogP contribution in [0, 0.1) is 11.6 Å². The second kappa shape index (κ2) is 8.59. The number of carbonyl (C=O) groups excluding carboxylic acids is 2. The van der Waals surface area contributed by atoms with E-state index < -0.39 is 11.6 Å². The molecule has 1 aromatic carbocycles. The Morgan fingerprint density at radius 1 is 1.04 bits per heavy atom. The van der Waals surface area contributed by atoms with Crippen LogP contribution in [0.2, 0.25) is 0 Å². The molecule has 1 aromatic heterocycles. The highest BCUT2D eigenvalue weighted by Crippen LogP contribution is 2.17. The molecule has 148 valence electrons. The Balaban J connectivity index is 1.58. The Morgan fingerprint density at radius 2 is 1.75 bits per heavy atom. The van der Waals surface area contributed by atoms with Gasteiger partial charge in [0.1, 0.15) is 0 Å². The number of hydrogen-bond donors (Lipinski definition) is 1. The molecule has 3 rings (SSSR count). The number of piperazine rings is 1. The van der Waals surface area contributed by atoms with E-state index in [2.05, 4.69) is 15.5 Å². The highest BCUT2D eigenvalue weighted by Gasteiger charge is 2.26. The van der Waals surface area contributed by atoms with Gasteiger partial charge < -0.3 is 19.9 Å². The van der Waals surface area contributed by atoms with E-state index in [-0.39, 0.29) is 23.5 Å². The molecule has 0 aliphatic carbocycles. The summed E-state index contributed by atoms with van der Waals surface area (Å²) in [4.78, 5) is 27.4. The van der Waals surface area contributed by atoms with Crippen LogP contribution in [-0.4, -0.2) is 64.8 Å². The Bertz CT molecular complexity index is 855. The number of amides is 2. The van der Waals surface area contributed by atoms with Crippen molar-refractivity contribution in [2.45, 2.75) is 6.92 Å². The molecule has 1 N–H and O–H groups in total. The summed E-state index contributed by atoms with van der Waals surface area (Å²) in [5.74, 6) is -1.93. The number of nitrogens with one attached hydrogen (secondary N) is 1. The quantitative estimate of drug-likeness (QED) is 0.861. The molecule has 10 heteroatoms. The lowest BCUT2D eigenvalue weighted by Gasteiger charge is -2.33. The normalized spacial score (nSPS) is 14.0. The van der Waals surface area contributed by atoms with Crippen LogP contribution in [0.4, 0.5) is 25.1 Å². The van der Waals surface area contributed by atoms with Gasteiger partial charge >= 0.3 is 6.09 Å². The molecule has 28 heavy (non-hydrogen) atoms. The molecule has 2 amide bonds. The molecular weight excluding hydrogens is 372 g/mol. The highest BCUT2D eigenvalue weighted by atomic mass is 19.2. The van der Waals surface area contributed by atoms with Crippen LogP contribution in [-0.2, 0) is 4.74 Å². The van der Waals surface area contributed by atoms with Gasteiger partial charge in [0, 0.05) is 37.9 Å². The van der Waals surface area contributed by atoms with Crippen LogP contribution in [0.25, 0.3) is 0 Å². The van der Waals surface area contributed by atoms with Crippen molar-refractivity contribution in [2.24, 2.45) is 0 Å². The van der Waals surface area contributed by atoms with Gasteiger partial charge in [0.2, 0.25) is 0 Å². The third kappa shape index (κ3) is 4.51. The van der Waals surface area contributed by atoms with Crippen molar-refractivity contribution < 1.29 is 23.1 Å². The molecule has 1 fully saturated rings. The molecule has 1 saturated heterocycles. The summed E-state index contributed by atoms with van der Waals surface area (Å²) < 4.78 is 31.2. The van der Waals surface area contributed by atoms with Crippen molar-refractivity contribution in [3.05, 3.63) is 47.7 Å². The summed E-state index contributed by atoms with van der Waals surface area (Å²) in [6.45, 7) is 3.55. The van der Waals surface area contributed by atoms with E-state index in [1.165, 1.54) is 18.2 Å². The zero-order valence-electron chi connectivity index (χ0n) is 15.2. The minimum atomic E-state index is -0.980. The van der Waals surface area contributed by atoms with Gasteiger partial charge in [0.15, 0.2) is 23.1 Å². The van der Waals surface area contributed by atoms with Crippen molar-refractivity contribution in [3.8, 4) is 0 Å². The predicted molar refractivity (Wildman–Crippen MR) is 96.2 cm³/mol. The van der Waals surface area contributed by atoms with Gasteiger partial charge in [0.05, 0.1) is 6.61 Å². The Morgan fingerprint density at radius 3 is 2.36 bits per heavy atom. The maximum atomic E-state index is 13.2. The number of benzene rings is 1. The van der Waals surface area contributed by atoms with Crippen LogP contribution in [0.15, 0.2) is 30.3 Å². The molecule has 1 aliphatic heterocycles. The summed E-state index contributed by atoms with van der Waals surface area (Å²) in [6, 6.07) is 6.38. The predicted octanol–water partition coefficient (Wildman–Crippen LogP) is 2.41. The highest BCUT2D eigenvalue weighted by molar-refractivity contribution is 5.92. The van der Waals surface area contributed by atoms with E-state index >= 15 is 0 Å². The van der Waals surface area contributed by atoms with Gasteiger partial charge in [-0.3, -0.25) is 4.79 Å². The number of carbonyl (C=O) groups is 2. The lowest BCUT2D eigenvalue weighted by atomic mass is 10.2. The maximum Gasteiger partial charge on any atom is 0.409 e. The second-order valence-corrected chi connectivity index (χ2v) is 6.04. The summed E-state index contributed by atoms with van der Waals surface area (Å²) >= 11 is 0. The summed E-state index contributed by atoms with van der Waals surface area (Å²) in [5, 5.41) is 10.6. The van der Waals surface area contributed by atoms with Crippen LogP contribution >= 0.6 is 0 Å². The zero-order valence-corrected chi connectivity index (χ0v) is 15.2. The molecule has 1 aliphatic rings. The summed E-state index contributed by atoms with van der Waals surface area (Å²) in [7, 11) is 0. The molecule has 0 saturated carbocycles. The first-order valence-electron chi connectivity index (χ1n) is 8.74. The third-order valence-corrected chi connectivity index (χ3v) is 4.17. The van der Waals surface area contributed by atoms with Crippen molar-refractivity contribution in [1.29, 1.82) is 0 Å². The first kappa shape index (κ1) is 19.5. The number of rotatable bonds is 4. The SMILES string of the molecule is CCOC(=O)N1CCN(C(=O)c2ccc(Nc3ccc(F)c(F)c3)nn2)CC1. The Hall–Kier alpha value is -3.30. The van der Waals surface area contributed by atoms with Crippen LogP contribution < -0.4 is 5.32 Å². The summed E-state index contributed by atoms with van der Waals surface area (Å²) in [6.07, 6.45) is -0.387. The zero-order chi connectivity index (χ0) is 20.1. The van der Waals surface area contributed by atoms with E-state index in [1.807, 2.05) is 0 Å². The van der Waals surface area contributed by atoms with E-state index in [1.54, 1.807) is 16.7 Å². The van der Waals surface area contributed by atoms with Gasteiger partial charge in [-0.2, -0.15) is 0 Å². The van der Waals surface area contributed by atoms with Crippen molar-refractivity contribution in [2.75, 3.05) is 38.1 Å². The number of aromatic nitrogens is 2. The smallest absolute Gasteiger partial charge is 0.409 e. The molecule has 0 atom stereocenters. The molecule has 8 nitrogen and oxygen atoms in total. The molecule has 2 aromatic rings. The molecule has 0 bridgehead atoms. The summed E-state index contributed by atoms with van der Waals surface area (Å²) in [5.41, 5.74) is 0.461. The molecule has 0 radical (unpaired) electrons. The maximum absolute atomic E-state index is 13.2. The monoisotopic (exact) mass is 391 g/mol. The van der Waals surface area contributed by atoms with Gasteiger partial charge in [-0.1, -0.05) is 0 Å². The van der Waals surface area contributed by atoms with Gasteiger partial charge in [-0.05, 0) is 31.2 Å². The molecule has 0 spiro atoms. The lowest BCUT2D eigenvalue weighted by molar-refractivity contribution is 0.0565. The number of nitrogens with zero attached hydrogens (tertiary/aromatic N) is 4. The minimum Gasteiger partial charge on any atom is -0.450 e. The van der Waals surface area contributed by atoms with Gasteiger partial charge in [-0.15, -0.1) is 10.2 Å². The largest absolute Gasteiger partial charge is 0.450 e. The Kier molecular flexibility index (Phi) is 5.97. The fourth-order valence-electron chi connectivity index (χ4n) is 2.70. The van der Waals surface area contributed by atoms with Crippen molar-refractivity contribution in [1.82, 2.24) is 20.0 Å². The fourth-order valence-corrected chi connectivity index (χ4v) is 2.70. The second-order valence-electron chi connectivity index (χ2n) is 6.04. The first-order chi connectivity index (χ1) is 13.5. The van der Waals surface area contributed by atoms with Crippen LogP contribution in [0.1, 0.15) is 17.4 Å². The first-order valence-corrected chi connectivity index (χ1v) is 8.74. The molecular formula is C18H19F2N5O3.